The zero-order valence-corrected chi connectivity index (χ0v) is 22.6. The van der Waals surface area contributed by atoms with Crippen LogP contribution in [-0.2, 0) is 4.79 Å². The first-order valence-electron chi connectivity index (χ1n) is 13.4. The predicted octanol–water partition coefficient (Wildman–Crippen LogP) is 5.54. The maximum Gasteiger partial charge on any atom is 0.142 e. The number of carbonyl (C=O) groups is 1. The summed E-state index contributed by atoms with van der Waals surface area (Å²) in [6.07, 6.45) is 2.15. The van der Waals surface area contributed by atoms with Crippen LogP contribution in [0.25, 0.3) is 0 Å². The molecule has 0 bridgehead atoms. The fourth-order valence-electron chi connectivity index (χ4n) is 4.76. The van der Waals surface area contributed by atoms with E-state index in [1.807, 2.05) is 18.2 Å². The minimum Gasteiger partial charge on any atom is -0.507 e. The molecule has 8 heteroatoms. The molecule has 0 aromatic heterocycles. The van der Waals surface area contributed by atoms with Crippen molar-refractivity contribution in [1.82, 2.24) is 4.90 Å². The van der Waals surface area contributed by atoms with Gasteiger partial charge in [0.2, 0.25) is 0 Å². The smallest absolute Gasteiger partial charge is 0.142 e. The zero-order chi connectivity index (χ0) is 27.6. The van der Waals surface area contributed by atoms with Crippen LogP contribution in [0.15, 0.2) is 60.7 Å². The largest absolute Gasteiger partial charge is 0.507 e. The predicted molar refractivity (Wildman–Crippen MR) is 150 cm³/mol. The van der Waals surface area contributed by atoms with Crippen molar-refractivity contribution in [1.29, 1.82) is 0 Å². The summed E-state index contributed by atoms with van der Waals surface area (Å²) in [5.74, 6) is 1.53. The lowest BCUT2D eigenvalue weighted by Crippen LogP contribution is -2.46. The lowest BCUT2D eigenvalue weighted by atomic mass is 10.1. The van der Waals surface area contributed by atoms with E-state index in [1.165, 1.54) is 12.1 Å². The zero-order valence-electron chi connectivity index (χ0n) is 22.6. The van der Waals surface area contributed by atoms with Gasteiger partial charge in [-0.3, -0.25) is 4.90 Å². The second kappa shape index (κ2) is 13.8. The number of nitrogens with zero attached hydrogens (tertiary/aromatic N) is 2. The van der Waals surface area contributed by atoms with Crippen molar-refractivity contribution < 1.29 is 28.5 Å². The van der Waals surface area contributed by atoms with Crippen molar-refractivity contribution in [2.45, 2.75) is 32.3 Å². The van der Waals surface area contributed by atoms with Crippen LogP contribution in [0.2, 0.25) is 0 Å². The highest BCUT2D eigenvalue weighted by atomic mass is 19.1. The number of halogens is 1. The van der Waals surface area contributed by atoms with Gasteiger partial charge in [-0.05, 0) is 56.1 Å². The summed E-state index contributed by atoms with van der Waals surface area (Å²) in [5.41, 5.74) is 2.37. The minimum absolute atomic E-state index is 0.0550. The number of phenolic OH excluding ortho intramolecular Hbond substituents is 1. The van der Waals surface area contributed by atoms with Gasteiger partial charge in [-0.2, -0.15) is 0 Å². The van der Waals surface area contributed by atoms with Gasteiger partial charge in [0, 0.05) is 50.3 Å². The molecule has 0 amide bonds. The second-order valence-corrected chi connectivity index (χ2v) is 9.68. The summed E-state index contributed by atoms with van der Waals surface area (Å²) in [5, 5.41) is 10.4. The van der Waals surface area contributed by atoms with Crippen molar-refractivity contribution in [3.8, 4) is 23.0 Å². The summed E-state index contributed by atoms with van der Waals surface area (Å²) in [4.78, 5) is 16.1. The quantitative estimate of drug-likeness (QED) is 0.227. The molecule has 0 saturated carbocycles. The first-order valence-corrected chi connectivity index (χ1v) is 13.4. The summed E-state index contributed by atoms with van der Waals surface area (Å²) >= 11 is 0. The average molecular weight is 537 g/mol. The monoisotopic (exact) mass is 536 g/mol. The minimum atomic E-state index is -0.597. The Labute approximate surface area is 229 Å². The number of ether oxygens (including phenoxy) is 3. The van der Waals surface area contributed by atoms with Crippen molar-refractivity contribution in [2.75, 3.05) is 51.3 Å². The molecule has 0 radical (unpaired) electrons. The molecule has 1 aliphatic rings. The number of rotatable bonds is 13. The maximum absolute atomic E-state index is 13.3. The van der Waals surface area contributed by atoms with Gasteiger partial charge in [0.05, 0.1) is 19.4 Å². The van der Waals surface area contributed by atoms with Crippen LogP contribution in [0.5, 0.6) is 23.0 Å². The molecule has 1 N–H and O–H groups in total. The molecule has 1 saturated heterocycles. The van der Waals surface area contributed by atoms with Crippen molar-refractivity contribution in [3.05, 3.63) is 77.6 Å². The third-order valence-electron chi connectivity index (χ3n) is 7.06. The van der Waals surface area contributed by atoms with Crippen LogP contribution in [0.3, 0.4) is 0 Å². The summed E-state index contributed by atoms with van der Waals surface area (Å²) in [6.45, 7) is 7.19. The molecular formula is C31H37FN2O5. The summed E-state index contributed by atoms with van der Waals surface area (Å²) in [7, 11) is 1.71. The molecule has 7 nitrogen and oxygen atoms in total. The number of hydrogen-bond donors (Lipinski definition) is 1. The molecular weight excluding hydrogens is 499 g/mol. The van der Waals surface area contributed by atoms with Gasteiger partial charge in [0.15, 0.2) is 0 Å². The molecule has 0 aliphatic carbocycles. The third kappa shape index (κ3) is 7.63. The van der Waals surface area contributed by atoms with Gasteiger partial charge < -0.3 is 29.0 Å². The Bertz CT molecular complexity index is 1210. The number of benzene rings is 3. The number of aldehydes is 1. The molecule has 4 rings (SSSR count). The van der Waals surface area contributed by atoms with Gasteiger partial charge in [0.25, 0.3) is 0 Å². The number of para-hydroxylation sites is 2. The summed E-state index contributed by atoms with van der Waals surface area (Å²) in [6, 6.07) is 17.3. The van der Waals surface area contributed by atoms with Gasteiger partial charge in [0.1, 0.15) is 41.2 Å². The molecule has 1 atom stereocenters. The highest BCUT2D eigenvalue weighted by Gasteiger charge is 2.20. The van der Waals surface area contributed by atoms with Crippen LogP contribution in [0.4, 0.5) is 10.1 Å². The van der Waals surface area contributed by atoms with Crippen molar-refractivity contribution >= 4 is 12.0 Å². The summed E-state index contributed by atoms with van der Waals surface area (Å²) < 4.78 is 30.9. The van der Waals surface area contributed by atoms with E-state index in [9.17, 15) is 14.3 Å². The number of aromatic hydroxyl groups is 1. The fraction of sp³-hybridized carbons (Fsp3) is 0.387. The van der Waals surface area contributed by atoms with Crippen molar-refractivity contribution in [3.63, 3.8) is 0 Å². The third-order valence-corrected chi connectivity index (χ3v) is 7.06. The molecule has 1 fully saturated rings. The van der Waals surface area contributed by atoms with E-state index in [-0.39, 0.29) is 18.0 Å². The highest BCUT2D eigenvalue weighted by Crippen LogP contribution is 2.36. The lowest BCUT2D eigenvalue weighted by Gasteiger charge is -2.36. The van der Waals surface area contributed by atoms with Gasteiger partial charge in [-0.15, -0.1) is 0 Å². The molecule has 1 unspecified atom stereocenters. The van der Waals surface area contributed by atoms with Gasteiger partial charge in [-0.1, -0.05) is 24.3 Å². The van der Waals surface area contributed by atoms with Crippen LogP contribution >= 0.6 is 0 Å². The Morgan fingerprint density at radius 2 is 1.74 bits per heavy atom. The van der Waals surface area contributed by atoms with Crippen molar-refractivity contribution in [2.24, 2.45) is 0 Å². The number of methoxy groups -OCH3 is 1. The normalized spacial score (nSPS) is 14.6. The Hall–Kier alpha value is -3.78. The average Bonchev–Trinajstić information content (AvgIpc) is 2.96. The Morgan fingerprint density at radius 1 is 1.00 bits per heavy atom. The molecule has 1 heterocycles. The molecule has 3 aromatic rings. The van der Waals surface area contributed by atoms with Gasteiger partial charge in [-0.25, -0.2) is 4.39 Å². The molecule has 0 spiro atoms. The first kappa shape index (κ1) is 28.2. The van der Waals surface area contributed by atoms with E-state index >= 15 is 0 Å². The van der Waals surface area contributed by atoms with E-state index in [2.05, 4.69) is 15.9 Å². The number of carbonyl (C=O) groups excluding carboxylic acids is 1. The Morgan fingerprint density at radius 3 is 2.46 bits per heavy atom. The van der Waals surface area contributed by atoms with Crippen LogP contribution in [0.1, 0.15) is 36.5 Å². The fourth-order valence-corrected chi connectivity index (χ4v) is 4.76. The number of hydrogen-bond acceptors (Lipinski definition) is 7. The van der Waals surface area contributed by atoms with E-state index in [4.69, 9.17) is 14.2 Å². The Kier molecular flexibility index (Phi) is 10.0. The second-order valence-electron chi connectivity index (χ2n) is 9.68. The van der Waals surface area contributed by atoms with Crippen LogP contribution < -0.4 is 19.1 Å². The van der Waals surface area contributed by atoms with E-state index in [0.717, 1.165) is 63.3 Å². The number of piperazine rings is 1. The lowest BCUT2D eigenvalue weighted by molar-refractivity contribution is -0.109. The number of unbranched alkanes of at least 4 members (excludes halogenated alkanes) is 1. The van der Waals surface area contributed by atoms with E-state index in [0.29, 0.717) is 29.2 Å². The molecule has 3 aromatic carbocycles. The SMILES string of the molecule is COc1ccccc1N1CCN(CCCCOc2cc(O)c(C)c(OC(CC=O)c3ccc(F)cc3)c2)CC1. The Balaban J connectivity index is 1.24. The maximum atomic E-state index is 13.3. The molecule has 39 heavy (non-hydrogen) atoms. The first-order chi connectivity index (χ1) is 19.0. The van der Waals surface area contributed by atoms with E-state index < -0.39 is 6.10 Å². The molecule has 208 valence electrons. The molecule has 1 aliphatic heterocycles. The van der Waals surface area contributed by atoms with E-state index in [1.54, 1.807) is 38.3 Å². The highest BCUT2D eigenvalue weighted by molar-refractivity contribution is 5.58. The van der Waals surface area contributed by atoms with Crippen LogP contribution in [-0.4, -0.2) is 62.7 Å². The number of anilines is 1. The van der Waals surface area contributed by atoms with Gasteiger partial charge >= 0.3 is 0 Å². The number of phenols is 1. The topological polar surface area (TPSA) is 71.5 Å². The van der Waals surface area contributed by atoms with Crippen LogP contribution in [0, 0.1) is 12.7 Å². The standard InChI is InChI=1S/C31H37FN2O5/c1-23-28(36)21-26(22-31(23)39-29(13-19-35)24-9-11-25(32)12-10-24)38-20-6-5-14-33-15-17-34(18-16-33)27-7-3-4-8-30(27)37-2/h3-4,7-12,19,21-22,29,36H,5-6,13-18,20H2,1-2H3.